The first-order valence-electron chi connectivity index (χ1n) is 6.39. The van der Waals surface area contributed by atoms with Crippen LogP contribution in [0.15, 0.2) is 18.2 Å². The van der Waals surface area contributed by atoms with Crippen LogP contribution in [0.1, 0.15) is 27.7 Å². The molecule has 17 heavy (non-hydrogen) atoms. The van der Waals surface area contributed by atoms with Crippen molar-refractivity contribution in [3.8, 4) is 5.75 Å². The van der Waals surface area contributed by atoms with Gasteiger partial charge in [-0.25, -0.2) is 0 Å². The van der Waals surface area contributed by atoms with Gasteiger partial charge in [0.05, 0.1) is 11.8 Å². The molecule has 1 aliphatic rings. The molecule has 1 aromatic carbocycles. The summed E-state index contributed by atoms with van der Waals surface area (Å²) in [5.41, 5.74) is 2.39. The Morgan fingerprint density at radius 1 is 1.24 bits per heavy atom. The second-order valence-electron chi connectivity index (χ2n) is 5.03. The van der Waals surface area contributed by atoms with Crippen LogP contribution in [0.2, 0.25) is 0 Å². The van der Waals surface area contributed by atoms with Crippen molar-refractivity contribution in [2.24, 2.45) is 0 Å². The minimum absolute atomic E-state index is 0.206. The van der Waals surface area contributed by atoms with Gasteiger partial charge < -0.3 is 15.0 Å². The van der Waals surface area contributed by atoms with Crippen LogP contribution in [0.3, 0.4) is 0 Å². The van der Waals surface area contributed by atoms with Gasteiger partial charge in [-0.1, -0.05) is 6.07 Å². The maximum absolute atomic E-state index is 5.85. The Labute approximate surface area is 104 Å². The molecular weight excluding hydrogens is 212 g/mol. The highest BCUT2D eigenvalue weighted by molar-refractivity contribution is 5.78. The van der Waals surface area contributed by atoms with E-state index in [1.807, 2.05) is 6.07 Å². The van der Waals surface area contributed by atoms with E-state index in [-0.39, 0.29) is 6.10 Å². The Hall–Kier alpha value is -1.38. The van der Waals surface area contributed by atoms with Gasteiger partial charge in [0.25, 0.3) is 0 Å². The molecule has 2 rings (SSSR count). The third kappa shape index (κ3) is 2.48. The first kappa shape index (κ1) is 12.1. The van der Waals surface area contributed by atoms with E-state index in [4.69, 9.17) is 4.74 Å². The van der Waals surface area contributed by atoms with E-state index < -0.39 is 0 Å². The number of ether oxygens (including phenoxy) is 1. The van der Waals surface area contributed by atoms with Crippen molar-refractivity contribution in [1.82, 2.24) is 0 Å². The van der Waals surface area contributed by atoms with E-state index in [0.717, 1.165) is 24.5 Å². The molecule has 0 radical (unpaired) electrons. The number of fused-ring (bicyclic) bond motifs is 1. The number of anilines is 2. The molecule has 0 amide bonds. The molecule has 0 atom stereocenters. The number of hydrogen-bond donors (Lipinski definition) is 1. The molecule has 1 aromatic rings. The van der Waals surface area contributed by atoms with Crippen molar-refractivity contribution in [1.29, 1.82) is 0 Å². The van der Waals surface area contributed by atoms with Crippen LogP contribution in [-0.2, 0) is 0 Å². The summed E-state index contributed by atoms with van der Waals surface area (Å²) in [6, 6.07) is 6.79. The lowest BCUT2D eigenvalue weighted by atomic mass is 10.1. The lowest BCUT2D eigenvalue weighted by molar-refractivity contribution is 0.243. The van der Waals surface area contributed by atoms with Crippen molar-refractivity contribution in [2.75, 3.05) is 23.3 Å². The molecule has 1 aliphatic heterocycles. The van der Waals surface area contributed by atoms with Gasteiger partial charge in [-0.3, -0.25) is 0 Å². The van der Waals surface area contributed by atoms with Gasteiger partial charge in [0.15, 0.2) is 0 Å². The number of nitrogens with zero attached hydrogens (tertiary/aromatic N) is 1. The second-order valence-corrected chi connectivity index (χ2v) is 5.03. The van der Waals surface area contributed by atoms with Crippen molar-refractivity contribution in [2.45, 2.75) is 39.8 Å². The van der Waals surface area contributed by atoms with Crippen LogP contribution in [0.4, 0.5) is 11.4 Å². The lowest BCUT2D eigenvalue weighted by Gasteiger charge is -2.36. The topological polar surface area (TPSA) is 24.5 Å². The highest BCUT2D eigenvalue weighted by atomic mass is 16.5. The van der Waals surface area contributed by atoms with Crippen LogP contribution in [0.5, 0.6) is 5.75 Å². The minimum atomic E-state index is 0.206. The summed E-state index contributed by atoms with van der Waals surface area (Å²) in [6.45, 7) is 10.6. The summed E-state index contributed by atoms with van der Waals surface area (Å²) in [5.74, 6) is 0.961. The van der Waals surface area contributed by atoms with Gasteiger partial charge in [0.1, 0.15) is 11.4 Å². The predicted octanol–water partition coefficient (Wildman–Crippen LogP) is 3.11. The molecule has 1 heterocycles. The Morgan fingerprint density at radius 2 is 2.00 bits per heavy atom. The molecule has 0 bridgehead atoms. The number of rotatable bonds is 3. The van der Waals surface area contributed by atoms with E-state index in [9.17, 15) is 0 Å². The van der Waals surface area contributed by atoms with Crippen LogP contribution in [0.25, 0.3) is 0 Å². The summed E-state index contributed by atoms with van der Waals surface area (Å²) < 4.78 is 5.85. The highest BCUT2D eigenvalue weighted by Crippen LogP contribution is 2.38. The third-order valence-corrected chi connectivity index (χ3v) is 2.95. The monoisotopic (exact) mass is 234 g/mol. The van der Waals surface area contributed by atoms with E-state index in [2.05, 4.69) is 50.0 Å². The summed E-state index contributed by atoms with van der Waals surface area (Å²) in [6.07, 6.45) is 0.206. The number of benzene rings is 1. The average Bonchev–Trinajstić information content (AvgIpc) is 2.28. The third-order valence-electron chi connectivity index (χ3n) is 2.95. The first-order chi connectivity index (χ1) is 8.09. The Bertz CT molecular complexity index is 388. The van der Waals surface area contributed by atoms with E-state index in [1.54, 1.807) is 0 Å². The van der Waals surface area contributed by atoms with E-state index >= 15 is 0 Å². The maximum atomic E-state index is 5.85. The maximum Gasteiger partial charge on any atom is 0.144 e. The largest absolute Gasteiger partial charge is 0.489 e. The van der Waals surface area contributed by atoms with Crippen molar-refractivity contribution >= 4 is 11.4 Å². The summed E-state index contributed by atoms with van der Waals surface area (Å²) in [5, 5.41) is 3.45. The Balaban J connectivity index is 2.36. The smallest absolute Gasteiger partial charge is 0.144 e. The van der Waals surface area contributed by atoms with Gasteiger partial charge in [-0.05, 0) is 39.8 Å². The molecule has 3 heteroatoms. The fourth-order valence-electron chi connectivity index (χ4n) is 2.25. The zero-order valence-electron chi connectivity index (χ0n) is 11.2. The lowest BCUT2D eigenvalue weighted by Crippen LogP contribution is -2.39. The molecule has 3 nitrogen and oxygen atoms in total. The zero-order chi connectivity index (χ0) is 12.4. The van der Waals surface area contributed by atoms with Gasteiger partial charge in [-0.15, -0.1) is 0 Å². The molecule has 1 N–H and O–H groups in total. The van der Waals surface area contributed by atoms with Crippen molar-refractivity contribution in [3.05, 3.63) is 18.2 Å². The predicted molar refractivity (Wildman–Crippen MR) is 73.2 cm³/mol. The fourth-order valence-corrected chi connectivity index (χ4v) is 2.25. The van der Waals surface area contributed by atoms with Crippen molar-refractivity contribution < 1.29 is 4.74 Å². The number of para-hydroxylation sites is 1. The van der Waals surface area contributed by atoms with Crippen molar-refractivity contribution in [3.63, 3.8) is 0 Å². The molecule has 0 unspecified atom stereocenters. The summed E-state index contributed by atoms with van der Waals surface area (Å²) in [7, 11) is 0. The van der Waals surface area contributed by atoms with Gasteiger partial charge in [-0.2, -0.15) is 0 Å². The molecule has 0 aliphatic carbocycles. The van der Waals surface area contributed by atoms with E-state index in [1.165, 1.54) is 5.69 Å². The average molecular weight is 234 g/mol. The Morgan fingerprint density at radius 3 is 2.65 bits per heavy atom. The van der Waals surface area contributed by atoms with Crippen LogP contribution in [-0.4, -0.2) is 25.2 Å². The fraction of sp³-hybridized carbons (Fsp3) is 0.571. The molecule has 0 saturated carbocycles. The summed E-state index contributed by atoms with van der Waals surface area (Å²) in [4.78, 5) is 2.42. The van der Waals surface area contributed by atoms with Crippen LogP contribution in [0, 0.1) is 0 Å². The van der Waals surface area contributed by atoms with E-state index in [0.29, 0.717) is 6.04 Å². The zero-order valence-corrected chi connectivity index (χ0v) is 11.2. The van der Waals surface area contributed by atoms with Crippen LogP contribution >= 0.6 is 0 Å². The summed E-state index contributed by atoms with van der Waals surface area (Å²) >= 11 is 0. The minimum Gasteiger partial charge on any atom is -0.489 e. The molecule has 0 aromatic heterocycles. The SMILES string of the molecule is CC(C)Oc1cccc2c1NCCN2C(C)C. The molecule has 0 saturated heterocycles. The second kappa shape index (κ2) is 4.86. The standard InChI is InChI=1S/C14H22N2O/c1-10(2)16-9-8-15-14-12(16)6-5-7-13(14)17-11(3)4/h5-7,10-11,15H,8-9H2,1-4H3. The molecule has 0 spiro atoms. The highest BCUT2D eigenvalue weighted by Gasteiger charge is 2.21. The number of nitrogens with one attached hydrogen (secondary N) is 1. The quantitative estimate of drug-likeness (QED) is 0.869. The normalized spacial score (nSPS) is 14.8. The van der Waals surface area contributed by atoms with Crippen LogP contribution < -0.4 is 15.0 Å². The van der Waals surface area contributed by atoms with Gasteiger partial charge in [0.2, 0.25) is 0 Å². The van der Waals surface area contributed by atoms with Gasteiger partial charge in [0, 0.05) is 19.1 Å². The molecule has 94 valence electrons. The van der Waals surface area contributed by atoms with Gasteiger partial charge >= 0.3 is 0 Å². The Kier molecular flexibility index (Phi) is 3.46. The number of hydrogen-bond acceptors (Lipinski definition) is 3. The molecule has 0 fully saturated rings. The molecular formula is C14H22N2O. The first-order valence-corrected chi connectivity index (χ1v) is 6.39.